The highest BCUT2D eigenvalue weighted by Crippen LogP contribution is 2.17. The smallest absolute Gasteiger partial charge is 0.146 e. The number of Topliss-reactive ketones (excluding diaryl/α,β-unsaturated/α-hetero) is 1. The van der Waals surface area contributed by atoms with Crippen LogP contribution in [0.25, 0.3) is 0 Å². The van der Waals surface area contributed by atoms with Crippen molar-refractivity contribution < 1.29 is 4.79 Å². The van der Waals surface area contributed by atoms with Crippen LogP contribution in [0.1, 0.15) is 40.0 Å². The molecule has 0 radical (unpaired) electrons. The average Bonchev–Trinajstić information content (AvgIpc) is 2.09. The molecule has 0 aromatic heterocycles. The Bertz CT molecular complexity index is 221. The highest BCUT2D eigenvalue weighted by Gasteiger charge is 2.19. The van der Waals surface area contributed by atoms with E-state index >= 15 is 0 Å². The quantitative estimate of drug-likeness (QED) is 0.603. The fourth-order valence-corrected chi connectivity index (χ4v) is 1.73. The molecule has 2 atom stereocenters. The van der Waals surface area contributed by atoms with Crippen LogP contribution in [0.5, 0.6) is 0 Å². The molecule has 0 heterocycles. The minimum Gasteiger partial charge on any atom is -0.300 e. The van der Waals surface area contributed by atoms with Crippen molar-refractivity contribution in [3.05, 3.63) is 12.2 Å². The monoisotopic (exact) mass is 211 g/mol. The SMILES string of the molecule is C=C(C)CC[C@@H](C)C[C@@H](C(C)=O)N(C)C. The fraction of sp³-hybridized carbons (Fsp3) is 0.769. The molecular weight excluding hydrogens is 186 g/mol. The Balaban J connectivity index is 4.06. The van der Waals surface area contributed by atoms with Crippen molar-refractivity contribution in [2.45, 2.75) is 46.1 Å². The van der Waals surface area contributed by atoms with E-state index in [9.17, 15) is 4.79 Å². The fourth-order valence-electron chi connectivity index (χ4n) is 1.73. The van der Waals surface area contributed by atoms with Crippen molar-refractivity contribution in [3.63, 3.8) is 0 Å². The summed E-state index contributed by atoms with van der Waals surface area (Å²) in [7, 11) is 3.94. The third-order valence-electron chi connectivity index (χ3n) is 2.78. The second-order valence-corrected chi connectivity index (χ2v) is 4.93. The summed E-state index contributed by atoms with van der Waals surface area (Å²) in [6.45, 7) is 9.84. The van der Waals surface area contributed by atoms with Gasteiger partial charge in [-0.3, -0.25) is 9.69 Å². The summed E-state index contributed by atoms with van der Waals surface area (Å²) in [6.07, 6.45) is 3.15. The normalized spacial score (nSPS) is 15.1. The first-order chi connectivity index (χ1) is 6.84. The maximum Gasteiger partial charge on any atom is 0.146 e. The molecule has 0 fully saturated rings. The molecular formula is C13H25NO. The third kappa shape index (κ3) is 6.45. The summed E-state index contributed by atoms with van der Waals surface area (Å²) >= 11 is 0. The van der Waals surface area contributed by atoms with E-state index in [4.69, 9.17) is 0 Å². The standard InChI is InChI=1S/C13H25NO/c1-10(2)7-8-11(3)9-13(12(4)15)14(5)6/h11,13H,1,7-9H2,2-6H3/t11-,13+/m1/s1. The summed E-state index contributed by atoms with van der Waals surface area (Å²) in [5, 5.41) is 0. The summed E-state index contributed by atoms with van der Waals surface area (Å²) in [5.74, 6) is 0.847. The van der Waals surface area contributed by atoms with Crippen molar-refractivity contribution in [1.29, 1.82) is 0 Å². The Morgan fingerprint density at radius 3 is 2.20 bits per heavy atom. The lowest BCUT2D eigenvalue weighted by atomic mass is 9.93. The number of carbonyl (C=O) groups is 1. The van der Waals surface area contributed by atoms with Crippen molar-refractivity contribution in [1.82, 2.24) is 4.90 Å². The number of allylic oxidation sites excluding steroid dienone is 1. The van der Waals surface area contributed by atoms with Crippen LogP contribution in [-0.4, -0.2) is 30.8 Å². The topological polar surface area (TPSA) is 20.3 Å². The molecule has 0 N–H and O–H groups in total. The van der Waals surface area contributed by atoms with Crippen LogP contribution in [0.15, 0.2) is 12.2 Å². The van der Waals surface area contributed by atoms with Crippen LogP contribution in [0, 0.1) is 5.92 Å². The molecule has 0 saturated heterocycles. The highest BCUT2D eigenvalue weighted by molar-refractivity contribution is 5.81. The van der Waals surface area contributed by atoms with Crippen LogP contribution < -0.4 is 0 Å². The Morgan fingerprint density at radius 2 is 1.87 bits per heavy atom. The van der Waals surface area contributed by atoms with Crippen LogP contribution in [-0.2, 0) is 4.79 Å². The first-order valence-electron chi connectivity index (χ1n) is 5.65. The van der Waals surface area contributed by atoms with Gasteiger partial charge in [-0.15, -0.1) is 6.58 Å². The largest absolute Gasteiger partial charge is 0.300 e. The van der Waals surface area contributed by atoms with E-state index in [-0.39, 0.29) is 11.8 Å². The van der Waals surface area contributed by atoms with Crippen molar-refractivity contribution in [2.24, 2.45) is 5.92 Å². The maximum atomic E-state index is 11.4. The zero-order chi connectivity index (χ0) is 12.0. The molecule has 0 aliphatic rings. The summed E-state index contributed by atoms with van der Waals surface area (Å²) in [4.78, 5) is 13.4. The van der Waals surface area contributed by atoms with E-state index in [0.717, 1.165) is 19.3 Å². The van der Waals surface area contributed by atoms with Gasteiger partial charge in [0.25, 0.3) is 0 Å². The predicted octanol–water partition coefficient (Wildman–Crippen LogP) is 2.89. The zero-order valence-corrected chi connectivity index (χ0v) is 10.8. The molecule has 2 nitrogen and oxygen atoms in total. The molecule has 0 unspecified atom stereocenters. The van der Waals surface area contributed by atoms with Crippen LogP contribution in [0.4, 0.5) is 0 Å². The molecule has 0 spiro atoms. The molecule has 0 amide bonds. The Morgan fingerprint density at radius 1 is 1.33 bits per heavy atom. The predicted molar refractivity (Wildman–Crippen MR) is 66.0 cm³/mol. The van der Waals surface area contributed by atoms with Gasteiger partial charge in [-0.25, -0.2) is 0 Å². The minimum atomic E-state index is 0.0742. The van der Waals surface area contributed by atoms with E-state index < -0.39 is 0 Å². The number of hydrogen-bond donors (Lipinski definition) is 0. The Kier molecular flexibility index (Phi) is 6.50. The number of ketones is 1. The minimum absolute atomic E-state index is 0.0742. The molecule has 0 rings (SSSR count). The van der Waals surface area contributed by atoms with Gasteiger partial charge in [0.2, 0.25) is 0 Å². The first-order valence-corrected chi connectivity index (χ1v) is 5.65. The van der Waals surface area contributed by atoms with E-state index in [0.29, 0.717) is 5.92 Å². The average molecular weight is 211 g/mol. The number of nitrogens with zero attached hydrogens (tertiary/aromatic N) is 1. The Hall–Kier alpha value is -0.630. The lowest BCUT2D eigenvalue weighted by Crippen LogP contribution is -2.35. The molecule has 88 valence electrons. The summed E-state index contributed by atoms with van der Waals surface area (Å²) in [6, 6.07) is 0.0742. The van der Waals surface area contributed by atoms with Gasteiger partial charge in [0, 0.05) is 0 Å². The summed E-state index contributed by atoms with van der Waals surface area (Å²) in [5.41, 5.74) is 1.23. The number of carbonyl (C=O) groups excluding carboxylic acids is 1. The zero-order valence-electron chi connectivity index (χ0n) is 10.8. The number of likely N-dealkylation sites (N-methyl/N-ethyl adjacent to an activating group) is 1. The van der Waals surface area contributed by atoms with Gasteiger partial charge in [-0.05, 0) is 53.1 Å². The number of rotatable bonds is 7. The second kappa shape index (κ2) is 6.78. The lowest BCUT2D eigenvalue weighted by molar-refractivity contribution is -0.121. The van der Waals surface area contributed by atoms with Gasteiger partial charge < -0.3 is 0 Å². The van der Waals surface area contributed by atoms with E-state index in [2.05, 4.69) is 20.4 Å². The van der Waals surface area contributed by atoms with Crippen LogP contribution in [0.2, 0.25) is 0 Å². The molecule has 0 bridgehead atoms. The van der Waals surface area contributed by atoms with E-state index in [1.807, 2.05) is 19.0 Å². The summed E-state index contributed by atoms with van der Waals surface area (Å²) < 4.78 is 0. The second-order valence-electron chi connectivity index (χ2n) is 4.93. The molecule has 0 aromatic rings. The number of hydrogen-bond acceptors (Lipinski definition) is 2. The molecule has 0 aliphatic carbocycles. The van der Waals surface area contributed by atoms with Crippen molar-refractivity contribution >= 4 is 5.78 Å². The van der Waals surface area contributed by atoms with Crippen molar-refractivity contribution in [2.75, 3.05) is 14.1 Å². The molecule has 0 aromatic carbocycles. The van der Waals surface area contributed by atoms with Gasteiger partial charge in [0.1, 0.15) is 5.78 Å². The van der Waals surface area contributed by atoms with Gasteiger partial charge >= 0.3 is 0 Å². The van der Waals surface area contributed by atoms with E-state index in [1.165, 1.54) is 5.57 Å². The van der Waals surface area contributed by atoms with Crippen LogP contribution in [0.3, 0.4) is 0 Å². The lowest BCUT2D eigenvalue weighted by Gasteiger charge is -2.24. The third-order valence-corrected chi connectivity index (χ3v) is 2.78. The van der Waals surface area contributed by atoms with Gasteiger partial charge in [-0.1, -0.05) is 12.5 Å². The van der Waals surface area contributed by atoms with Crippen molar-refractivity contribution in [3.8, 4) is 0 Å². The first kappa shape index (κ1) is 14.4. The highest BCUT2D eigenvalue weighted by atomic mass is 16.1. The Labute approximate surface area is 94.4 Å². The van der Waals surface area contributed by atoms with Gasteiger partial charge in [0.05, 0.1) is 6.04 Å². The van der Waals surface area contributed by atoms with Crippen LogP contribution >= 0.6 is 0 Å². The molecule has 2 heteroatoms. The maximum absolute atomic E-state index is 11.4. The van der Waals surface area contributed by atoms with Gasteiger partial charge in [-0.2, -0.15) is 0 Å². The van der Waals surface area contributed by atoms with E-state index in [1.54, 1.807) is 6.92 Å². The molecule has 0 saturated carbocycles. The molecule has 15 heavy (non-hydrogen) atoms. The molecule has 0 aliphatic heterocycles. The van der Waals surface area contributed by atoms with Gasteiger partial charge in [0.15, 0.2) is 0 Å².